The van der Waals surface area contributed by atoms with E-state index in [1.807, 2.05) is 5.32 Å². The normalized spacial score (nSPS) is 9.75. The third-order valence-corrected chi connectivity index (χ3v) is 2.09. The van der Waals surface area contributed by atoms with Gasteiger partial charge in [0.25, 0.3) is 5.91 Å². The van der Waals surface area contributed by atoms with Crippen molar-refractivity contribution < 1.29 is 27.9 Å². The molecule has 8 heteroatoms. The summed E-state index contributed by atoms with van der Waals surface area (Å²) in [6.45, 7) is 1.12. The van der Waals surface area contributed by atoms with Crippen LogP contribution >= 0.6 is 0 Å². The molecule has 0 aliphatic heterocycles. The molecule has 0 aliphatic rings. The molecule has 0 aliphatic carbocycles. The Bertz CT molecular complexity index is 514. The van der Waals surface area contributed by atoms with E-state index in [1.54, 1.807) is 6.92 Å². The summed E-state index contributed by atoms with van der Waals surface area (Å²) >= 11 is 0. The van der Waals surface area contributed by atoms with Crippen molar-refractivity contribution >= 4 is 17.9 Å². The standard InChI is InChI=1S/C12H12F2N2O4/c1-2-15-12(19)16-9(17)6-20-11(18)10-7(13)4-3-5-8(10)14/h3-5H,2,6H2,1H3,(H2,15,16,17,19). The van der Waals surface area contributed by atoms with Gasteiger partial charge in [0.05, 0.1) is 0 Å². The van der Waals surface area contributed by atoms with Gasteiger partial charge in [0, 0.05) is 6.54 Å². The molecular weight excluding hydrogens is 274 g/mol. The van der Waals surface area contributed by atoms with Gasteiger partial charge in [-0.15, -0.1) is 0 Å². The van der Waals surface area contributed by atoms with Crippen LogP contribution in [0.15, 0.2) is 18.2 Å². The molecule has 0 radical (unpaired) electrons. The highest BCUT2D eigenvalue weighted by Gasteiger charge is 2.19. The van der Waals surface area contributed by atoms with Crippen LogP contribution in [0.3, 0.4) is 0 Å². The van der Waals surface area contributed by atoms with E-state index in [4.69, 9.17) is 0 Å². The maximum atomic E-state index is 13.2. The number of benzene rings is 1. The van der Waals surface area contributed by atoms with E-state index in [9.17, 15) is 23.2 Å². The number of halogens is 2. The van der Waals surface area contributed by atoms with E-state index in [1.165, 1.54) is 0 Å². The Balaban J connectivity index is 2.56. The first-order valence-corrected chi connectivity index (χ1v) is 5.64. The number of urea groups is 1. The first-order valence-electron chi connectivity index (χ1n) is 5.64. The minimum absolute atomic E-state index is 0.305. The van der Waals surface area contributed by atoms with Gasteiger partial charge in [-0.05, 0) is 19.1 Å². The SMILES string of the molecule is CCNC(=O)NC(=O)COC(=O)c1c(F)cccc1F. The predicted molar refractivity (Wildman–Crippen MR) is 63.9 cm³/mol. The molecule has 2 N–H and O–H groups in total. The zero-order valence-corrected chi connectivity index (χ0v) is 10.5. The zero-order valence-electron chi connectivity index (χ0n) is 10.5. The average Bonchev–Trinajstić information content (AvgIpc) is 2.36. The molecule has 1 aromatic rings. The second-order valence-electron chi connectivity index (χ2n) is 3.58. The molecule has 0 unspecified atom stereocenters. The Labute approximate surface area is 113 Å². The summed E-state index contributed by atoms with van der Waals surface area (Å²) in [7, 11) is 0. The Morgan fingerprint density at radius 3 is 2.35 bits per heavy atom. The highest BCUT2D eigenvalue weighted by molar-refractivity contribution is 5.97. The van der Waals surface area contributed by atoms with Crippen molar-refractivity contribution in [3.05, 3.63) is 35.4 Å². The summed E-state index contributed by atoms with van der Waals surface area (Å²) in [6.07, 6.45) is 0. The van der Waals surface area contributed by atoms with Gasteiger partial charge in [-0.1, -0.05) is 6.07 Å². The largest absolute Gasteiger partial charge is 0.452 e. The monoisotopic (exact) mass is 286 g/mol. The molecule has 0 spiro atoms. The molecule has 0 heterocycles. The van der Waals surface area contributed by atoms with Crippen LogP contribution in [-0.2, 0) is 9.53 Å². The van der Waals surface area contributed by atoms with Crippen molar-refractivity contribution in [2.24, 2.45) is 0 Å². The predicted octanol–water partition coefficient (Wildman–Crippen LogP) is 0.967. The highest BCUT2D eigenvalue weighted by Crippen LogP contribution is 2.13. The van der Waals surface area contributed by atoms with Gasteiger partial charge in [-0.2, -0.15) is 0 Å². The summed E-state index contributed by atoms with van der Waals surface area (Å²) in [5.74, 6) is -4.44. The first-order chi connectivity index (χ1) is 9.45. The van der Waals surface area contributed by atoms with E-state index >= 15 is 0 Å². The molecule has 0 bridgehead atoms. The van der Waals surface area contributed by atoms with Crippen molar-refractivity contribution in [1.82, 2.24) is 10.6 Å². The number of ether oxygens (including phenoxy) is 1. The van der Waals surface area contributed by atoms with Gasteiger partial charge < -0.3 is 10.1 Å². The maximum absolute atomic E-state index is 13.2. The number of carbonyl (C=O) groups is 3. The van der Waals surface area contributed by atoms with Crippen molar-refractivity contribution in [3.63, 3.8) is 0 Å². The molecule has 1 rings (SSSR count). The number of rotatable bonds is 4. The van der Waals surface area contributed by atoms with Gasteiger partial charge in [0.15, 0.2) is 6.61 Å². The van der Waals surface area contributed by atoms with Gasteiger partial charge in [-0.25, -0.2) is 18.4 Å². The van der Waals surface area contributed by atoms with E-state index in [0.29, 0.717) is 6.54 Å². The summed E-state index contributed by atoms with van der Waals surface area (Å²) in [5, 5.41) is 4.15. The molecule has 0 saturated heterocycles. The number of carbonyl (C=O) groups excluding carboxylic acids is 3. The van der Waals surface area contributed by atoms with E-state index in [0.717, 1.165) is 18.2 Å². The Kier molecular flexibility index (Phi) is 5.57. The number of amides is 3. The fraction of sp³-hybridized carbons (Fsp3) is 0.250. The number of imide groups is 1. The third-order valence-electron chi connectivity index (χ3n) is 2.09. The molecule has 0 aromatic heterocycles. The van der Waals surface area contributed by atoms with Crippen molar-refractivity contribution in [1.29, 1.82) is 0 Å². The van der Waals surface area contributed by atoms with Gasteiger partial charge >= 0.3 is 12.0 Å². The lowest BCUT2D eigenvalue weighted by molar-refractivity contribution is -0.123. The maximum Gasteiger partial charge on any atom is 0.344 e. The first kappa shape index (κ1) is 15.5. The van der Waals surface area contributed by atoms with Crippen LogP contribution in [0.2, 0.25) is 0 Å². The second kappa shape index (κ2) is 7.17. The van der Waals surface area contributed by atoms with Crippen molar-refractivity contribution in [2.75, 3.05) is 13.2 Å². The summed E-state index contributed by atoms with van der Waals surface area (Å²) in [6, 6.07) is 2.09. The fourth-order valence-corrected chi connectivity index (χ4v) is 1.26. The second-order valence-corrected chi connectivity index (χ2v) is 3.58. The quantitative estimate of drug-likeness (QED) is 0.808. The lowest BCUT2D eigenvalue weighted by Gasteiger charge is -2.07. The topological polar surface area (TPSA) is 84.5 Å². The molecule has 0 fully saturated rings. The number of hydrogen-bond donors (Lipinski definition) is 2. The Morgan fingerprint density at radius 2 is 1.80 bits per heavy atom. The summed E-state index contributed by atoms with van der Waals surface area (Å²) in [4.78, 5) is 33.6. The van der Waals surface area contributed by atoms with Crippen molar-refractivity contribution in [3.8, 4) is 0 Å². The van der Waals surface area contributed by atoms with E-state index in [2.05, 4.69) is 10.1 Å². The Morgan fingerprint density at radius 1 is 1.20 bits per heavy atom. The number of nitrogens with one attached hydrogen (secondary N) is 2. The van der Waals surface area contributed by atoms with Crippen LogP contribution in [0.4, 0.5) is 13.6 Å². The molecule has 20 heavy (non-hydrogen) atoms. The van der Waals surface area contributed by atoms with Crippen LogP contribution in [0.25, 0.3) is 0 Å². The molecule has 6 nitrogen and oxygen atoms in total. The lowest BCUT2D eigenvalue weighted by Crippen LogP contribution is -2.41. The van der Waals surface area contributed by atoms with Crippen molar-refractivity contribution in [2.45, 2.75) is 6.92 Å². The molecule has 3 amide bonds. The smallest absolute Gasteiger partial charge is 0.344 e. The molecule has 108 valence electrons. The molecule has 0 atom stereocenters. The Hall–Kier alpha value is -2.51. The van der Waals surface area contributed by atoms with Gasteiger partial charge in [-0.3, -0.25) is 10.1 Å². The van der Waals surface area contributed by atoms with Crippen LogP contribution in [0.1, 0.15) is 17.3 Å². The molecular formula is C12H12F2N2O4. The number of esters is 1. The zero-order chi connectivity index (χ0) is 15.1. The van der Waals surface area contributed by atoms with Crippen LogP contribution in [-0.4, -0.2) is 31.1 Å². The molecule has 0 saturated carbocycles. The minimum atomic E-state index is -1.33. The average molecular weight is 286 g/mol. The van der Waals surface area contributed by atoms with Crippen LogP contribution < -0.4 is 10.6 Å². The third kappa shape index (κ3) is 4.30. The summed E-state index contributed by atoms with van der Waals surface area (Å²) in [5.41, 5.74) is -0.890. The van der Waals surface area contributed by atoms with Crippen LogP contribution in [0.5, 0.6) is 0 Å². The van der Waals surface area contributed by atoms with Crippen LogP contribution in [0, 0.1) is 11.6 Å². The molecule has 1 aromatic carbocycles. The van der Waals surface area contributed by atoms with Gasteiger partial charge in [0.2, 0.25) is 0 Å². The van der Waals surface area contributed by atoms with Gasteiger partial charge in [0.1, 0.15) is 17.2 Å². The number of hydrogen-bond acceptors (Lipinski definition) is 4. The highest BCUT2D eigenvalue weighted by atomic mass is 19.1. The fourth-order valence-electron chi connectivity index (χ4n) is 1.26. The van der Waals surface area contributed by atoms with E-state index in [-0.39, 0.29) is 0 Å². The van der Waals surface area contributed by atoms with E-state index < -0.39 is 41.7 Å². The lowest BCUT2D eigenvalue weighted by atomic mass is 10.2. The minimum Gasteiger partial charge on any atom is -0.452 e. The summed E-state index contributed by atoms with van der Waals surface area (Å²) < 4.78 is 30.9.